The molecule has 1 N–H and O–H groups in total. The van der Waals surface area contributed by atoms with Gasteiger partial charge in [-0.25, -0.2) is 0 Å². The Kier molecular flexibility index (Phi) is 5.21. The van der Waals surface area contributed by atoms with Crippen LogP contribution in [0.1, 0.15) is 56.9 Å². The number of benzene rings is 1. The minimum absolute atomic E-state index is 0.149. The summed E-state index contributed by atoms with van der Waals surface area (Å²) in [5, 5.41) is 9.68. The van der Waals surface area contributed by atoms with Crippen molar-refractivity contribution in [2.75, 3.05) is 26.2 Å². The third-order valence-corrected chi connectivity index (χ3v) is 6.78. The topological polar surface area (TPSA) is 43.8 Å². The molecule has 2 saturated heterocycles. The van der Waals surface area contributed by atoms with Crippen molar-refractivity contribution in [3.8, 4) is 5.75 Å². The fourth-order valence-corrected chi connectivity index (χ4v) is 5.39. The molecule has 1 saturated carbocycles. The van der Waals surface area contributed by atoms with Gasteiger partial charge < -0.3 is 10.0 Å². The molecule has 2 aliphatic heterocycles. The molecule has 3 fully saturated rings. The lowest BCUT2D eigenvalue weighted by Gasteiger charge is -2.41. The highest BCUT2D eigenvalue weighted by Crippen LogP contribution is 2.41. The third kappa shape index (κ3) is 3.75. The minimum atomic E-state index is -0.149. The van der Waals surface area contributed by atoms with Crippen LogP contribution in [-0.4, -0.2) is 47.0 Å². The van der Waals surface area contributed by atoms with Gasteiger partial charge in [-0.2, -0.15) is 0 Å². The SMILES string of the molecule is O=C1N(CC2CCCCC2)CCCC12CCN(Cc1cccc(O)c1)C2. The Bertz CT molecular complexity index is 641. The van der Waals surface area contributed by atoms with Crippen molar-refractivity contribution in [3.63, 3.8) is 0 Å². The first-order valence-corrected chi connectivity index (χ1v) is 10.4. The number of carbonyl (C=O) groups is 1. The van der Waals surface area contributed by atoms with Gasteiger partial charge in [0.1, 0.15) is 5.75 Å². The summed E-state index contributed by atoms with van der Waals surface area (Å²) < 4.78 is 0. The van der Waals surface area contributed by atoms with Crippen LogP contribution in [0.25, 0.3) is 0 Å². The van der Waals surface area contributed by atoms with Crippen molar-refractivity contribution >= 4 is 5.91 Å². The molecule has 26 heavy (non-hydrogen) atoms. The summed E-state index contributed by atoms with van der Waals surface area (Å²) in [6, 6.07) is 7.50. The molecule has 0 radical (unpaired) electrons. The second-order valence-electron chi connectivity index (χ2n) is 8.77. The summed E-state index contributed by atoms with van der Waals surface area (Å²) in [6.45, 7) is 4.64. The molecule has 4 heteroatoms. The zero-order valence-corrected chi connectivity index (χ0v) is 15.8. The van der Waals surface area contributed by atoms with Gasteiger partial charge in [0.05, 0.1) is 5.41 Å². The first kappa shape index (κ1) is 17.8. The van der Waals surface area contributed by atoms with E-state index in [4.69, 9.17) is 0 Å². The fourth-order valence-electron chi connectivity index (χ4n) is 5.39. The van der Waals surface area contributed by atoms with Gasteiger partial charge in [0.2, 0.25) is 5.91 Å². The number of carbonyl (C=O) groups excluding carboxylic acids is 1. The van der Waals surface area contributed by atoms with Gasteiger partial charge in [0.25, 0.3) is 0 Å². The number of amides is 1. The van der Waals surface area contributed by atoms with Gasteiger partial charge >= 0.3 is 0 Å². The molecule has 142 valence electrons. The lowest BCUT2D eigenvalue weighted by molar-refractivity contribution is -0.146. The Morgan fingerprint density at radius 3 is 2.73 bits per heavy atom. The Morgan fingerprint density at radius 1 is 1.08 bits per heavy atom. The molecular formula is C22H32N2O2. The minimum Gasteiger partial charge on any atom is -0.508 e. The van der Waals surface area contributed by atoms with Crippen molar-refractivity contribution in [2.24, 2.45) is 11.3 Å². The highest BCUT2D eigenvalue weighted by molar-refractivity contribution is 5.84. The van der Waals surface area contributed by atoms with Crippen LogP contribution >= 0.6 is 0 Å². The summed E-state index contributed by atoms with van der Waals surface area (Å²) in [5.74, 6) is 1.48. The van der Waals surface area contributed by atoms with Crippen LogP contribution in [-0.2, 0) is 11.3 Å². The number of phenolic OH excluding ortho intramolecular Hbond substituents is 1. The maximum Gasteiger partial charge on any atom is 0.230 e. The number of piperidine rings is 1. The Morgan fingerprint density at radius 2 is 1.92 bits per heavy atom. The van der Waals surface area contributed by atoms with Crippen molar-refractivity contribution in [1.29, 1.82) is 0 Å². The van der Waals surface area contributed by atoms with Crippen LogP contribution in [0.2, 0.25) is 0 Å². The van der Waals surface area contributed by atoms with Crippen molar-refractivity contribution in [2.45, 2.75) is 57.9 Å². The van der Waals surface area contributed by atoms with E-state index in [9.17, 15) is 9.90 Å². The molecular weight excluding hydrogens is 324 g/mol. The van der Waals surface area contributed by atoms with Gasteiger partial charge in [0, 0.05) is 26.2 Å². The molecule has 4 rings (SSSR count). The summed E-state index contributed by atoms with van der Waals surface area (Å²) in [7, 11) is 0. The molecule has 1 atom stereocenters. The van der Waals surface area contributed by atoms with Crippen LogP contribution in [0.3, 0.4) is 0 Å². The number of hydrogen-bond donors (Lipinski definition) is 1. The largest absolute Gasteiger partial charge is 0.508 e. The zero-order valence-electron chi connectivity index (χ0n) is 15.8. The van der Waals surface area contributed by atoms with Gasteiger partial charge in [-0.3, -0.25) is 9.69 Å². The average molecular weight is 357 g/mol. The van der Waals surface area contributed by atoms with Gasteiger partial charge in [0.15, 0.2) is 0 Å². The molecule has 2 heterocycles. The second kappa shape index (κ2) is 7.59. The van der Waals surface area contributed by atoms with E-state index < -0.39 is 0 Å². The molecule has 0 aromatic heterocycles. The van der Waals surface area contributed by atoms with E-state index in [1.165, 1.54) is 32.1 Å². The first-order chi connectivity index (χ1) is 12.6. The zero-order chi connectivity index (χ0) is 18.0. The lowest BCUT2D eigenvalue weighted by Crippen LogP contribution is -2.51. The van der Waals surface area contributed by atoms with Crippen LogP contribution in [0.15, 0.2) is 24.3 Å². The molecule has 1 amide bonds. The van der Waals surface area contributed by atoms with E-state index in [1.807, 2.05) is 12.1 Å². The van der Waals surface area contributed by atoms with Crippen LogP contribution in [0, 0.1) is 11.3 Å². The Hall–Kier alpha value is -1.55. The summed E-state index contributed by atoms with van der Waals surface area (Å²) in [4.78, 5) is 17.9. The van der Waals surface area contributed by atoms with Gasteiger partial charge in [-0.1, -0.05) is 31.4 Å². The van der Waals surface area contributed by atoms with Crippen molar-refractivity contribution in [3.05, 3.63) is 29.8 Å². The van der Waals surface area contributed by atoms with E-state index in [0.717, 1.165) is 63.5 Å². The molecule has 0 bridgehead atoms. The number of likely N-dealkylation sites (tertiary alicyclic amines) is 2. The monoisotopic (exact) mass is 356 g/mol. The van der Waals surface area contributed by atoms with Crippen LogP contribution < -0.4 is 0 Å². The maximum atomic E-state index is 13.3. The molecule has 1 aliphatic carbocycles. The van der Waals surface area contributed by atoms with E-state index in [1.54, 1.807) is 6.07 Å². The van der Waals surface area contributed by atoms with Gasteiger partial charge in [-0.15, -0.1) is 0 Å². The molecule has 1 spiro atoms. The molecule has 4 nitrogen and oxygen atoms in total. The smallest absolute Gasteiger partial charge is 0.230 e. The second-order valence-corrected chi connectivity index (χ2v) is 8.77. The number of rotatable bonds is 4. The predicted octanol–water partition coefficient (Wildman–Crippen LogP) is 3.79. The van der Waals surface area contributed by atoms with E-state index in [2.05, 4.69) is 15.9 Å². The number of phenols is 1. The maximum absolute atomic E-state index is 13.3. The quantitative estimate of drug-likeness (QED) is 0.893. The van der Waals surface area contributed by atoms with Gasteiger partial charge in [-0.05, 0) is 62.3 Å². The molecule has 1 aromatic rings. The van der Waals surface area contributed by atoms with E-state index in [-0.39, 0.29) is 5.41 Å². The van der Waals surface area contributed by atoms with E-state index >= 15 is 0 Å². The number of nitrogens with zero attached hydrogens (tertiary/aromatic N) is 2. The van der Waals surface area contributed by atoms with Crippen molar-refractivity contribution in [1.82, 2.24) is 9.80 Å². The average Bonchev–Trinajstić information content (AvgIpc) is 3.04. The Balaban J connectivity index is 1.38. The highest BCUT2D eigenvalue weighted by Gasteiger charge is 2.48. The third-order valence-electron chi connectivity index (χ3n) is 6.78. The van der Waals surface area contributed by atoms with Crippen molar-refractivity contribution < 1.29 is 9.90 Å². The summed E-state index contributed by atoms with van der Waals surface area (Å²) in [5.41, 5.74) is 0.980. The molecule has 1 unspecified atom stereocenters. The van der Waals surface area contributed by atoms with Crippen LogP contribution in [0.5, 0.6) is 5.75 Å². The number of aromatic hydroxyl groups is 1. The highest BCUT2D eigenvalue weighted by atomic mass is 16.3. The standard InChI is InChI=1S/C22H32N2O2/c25-20-9-4-8-19(14-20)15-23-13-11-22(17-23)10-5-12-24(21(22)26)16-18-6-2-1-3-7-18/h4,8-9,14,18,25H,1-3,5-7,10-13,15-17H2. The summed E-state index contributed by atoms with van der Waals surface area (Å²) in [6.07, 6.45) is 9.86. The van der Waals surface area contributed by atoms with Crippen LogP contribution in [0.4, 0.5) is 0 Å². The molecule has 1 aromatic carbocycles. The predicted molar refractivity (Wildman–Crippen MR) is 103 cm³/mol. The van der Waals surface area contributed by atoms with E-state index in [0.29, 0.717) is 11.7 Å². The number of hydrogen-bond acceptors (Lipinski definition) is 3. The first-order valence-electron chi connectivity index (χ1n) is 10.4. The normalized spacial score (nSPS) is 28.2. The summed E-state index contributed by atoms with van der Waals surface area (Å²) >= 11 is 0. The lowest BCUT2D eigenvalue weighted by atomic mass is 9.77. The fraction of sp³-hybridized carbons (Fsp3) is 0.682. The Labute approximate surface area is 157 Å². The molecule has 3 aliphatic rings.